The number of hydrogen-bond donors (Lipinski definition) is 1. The number of rotatable bonds is 3. The summed E-state index contributed by atoms with van der Waals surface area (Å²) in [6.45, 7) is -0.378. The van der Waals surface area contributed by atoms with Crippen LogP contribution in [-0.4, -0.2) is 17.2 Å². The van der Waals surface area contributed by atoms with Gasteiger partial charge in [-0.3, -0.25) is 0 Å². The third-order valence-electron chi connectivity index (χ3n) is 1.50. The number of aliphatic hydroxyl groups excluding tert-OH is 1. The van der Waals surface area contributed by atoms with Crippen molar-refractivity contribution in [3.63, 3.8) is 0 Å². The summed E-state index contributed by atoms with van der Waals surface area (Å²) in [5, 5.41) is 8.70. The van der Waals surface area contributed by atoms with Crippen molar-refractivity contribution < 1.29 is 18.6 Å². The smallest absolute Gasteiger partial charge is 0.264 e. The number of halogens is 2. The summed E-state index contributed by atoms with van der Waals surface area (Å²) in [7, 11) is 1.33. The first-order valence-electron chi connectivity index (χ1n) is 3.61. The molecule has 0 saturated heterocycles. The van der Waals surface area contributed by atoms with Crippen molar-refractivity contribution in [3.05, 3.63) is 23.4 Å². The van der Waals surface area contributed by atoms with Gasteiger partial charge < -0.3 is 9.84 Å². The molecule has 1 aromatic heterocycles. The maximum atomic E-state index is 12.2. The molecule has 0 spiro atoms. The molecule has 3 nitrogen and oxygen atoms in total. The summed E-state index contributed by atoms with van der Waals surface area (Å²) in [4.78, 5) is 3.75. The topological polar surface area (TPSA) is 42.4 Å². The number of pyridine rings is 1. The Hall–Kier alpha value is -1.23. The molecule has 0 radical (unpaired) electrons. The maximum absolute atomic E-state index is 12.2. The van der Waals surface area contributed by atoms with Crippen LogP contribution in [-0.2, 0) is 6.61 Å². The summed E-state index contributed by atoms with van der Waals surface area (Å²) in [6.07, 6.45) is -2.58. The number of alkyl halides is 2. The summed E-state index contributed by atoms with van der Waals surface area (Å²) < 4.78 is 29.2. The zero-order valence-corrected chi connectivity index (χ0v) is 7.00. The van der Waals surface area contributed by atoms with Crippen molar-refractivity contribution in [1.82, 2.24) is 4.98 Å². The molecular formula is C8H9F2NO2. The lowest BCUT2D eigenvalue weighted by molar-refractivity contribution is 0.150. The van der Waals surface area contributed by atoms with Crippen LogP contribution >= 0.6 is 0 Å². The maximum Gasteiger partial charge on any atom is 0.264 e. The van der Waals surface area contributed by atoms with Crippen LogP contribution in [0.5, 0.6) is 5.88 Å². The van der Waals surface area contributed by atoms with Gasteiger partial charge in [0, 0.05) is 11.6 Å². The molecule has 1 N–H and O–H groups in total. The van der Waals surface area contributed by atoms with Gasteiger partial charge in [-0.05, 0) is 6.07 Å². The van der Waals surface area contributed by atoms with E-state index in [0.717, 1.165) is 12.1 Å². The van der Waals surface area contributed by atoms with Crippen molar-refractivity contribution in [2.24, 2.45) is 0 Å². The molecule has 0 fully saturated rings. The van der Waals surface area contributed by atoms with Gasteiger partial charge in [-0.1, -0.05) is 0 Å². The van der Waals surface area contributed by atoms with E-state index in [1.54, 1.807) is 0 Å². The fraction of sp³-hybridized carbons (Fsp3) is 0.375. The minimum atomic E-state index is -2.58. The lowest BCUT2D eigenvalue weighted by atomic mass is 10.2. The highest BCUT2D eigenvalue weighted by Gasteiger charge is 2.10. The normalized spacial score (nSPS) is 10.5. The van der Waals surface area contributed by atoms with Crippen LogP contribution in [0.1, 0.15) is 17.7 Å². The molecule has 1 aromatic rings. The van der Waals surface area contributed by atoms with Crippen LogP contribution in [0.3, 0.4) is 0 Å². The standard InChI is InChI=1S/C8H9F2NO2/c1-13-7-3-5(8(9)10)2-6(4-12)11-7/h2-3,8,12H,4H2,1H3. The molecule has 0 aliphatic rings. The Morgan fingerprint density at radius 3 is 2.69 bits per heavy atom. The molecule has 1 rings (SSSR count). The van der Waals surface area contributed by atoms with E-state index in [2.05, 4.69) is 4.98 Å². The Bertz CT molecular complexity index is 269. The van der Waals surface area contributed by atoms with Gasteiger partial charge in [0.05, 0.1) is 19.4 Å². The SMILES string of the molecule is COc1cc(C(F)F)cc(CO)n1. The largest absolute Gasteiger partial charge is 0.481 e. The summed E-state index contributed by atoms with van der Waals surface area (Å²) >= 11 is 0. The first kappa shape index (κ1) is 9.85. The van der Waals surface area contributed by atoms with Gasteiger partial charge in [0.2, 0.25) is 5.88 Å². The predicted octanol–water partition coefficient (Wildman–Crippen LogP) is 1.52. The van der Waals surface area contributed by atoms with Gasteiger partial charge in [0.1, 0.15) is 0 Å². The third-order valence-corrected chi connectivity index (χ3v) is 1.50. The van der Waals surface area contributed by atoms with Crippen molar-refractivity contribution in [2.75, 3.05) is 7.11 Å². The zero-order chi connectivity index (χ0) is 9.84. The molecular weight excluding hydrogens is 180 g/mol. The number of methoxy groups -OCH3 is 1. The fourth-order valence-corrected chi connectivity index (χ4v) is 0.894. The van der Waals surface area contributed by atoms with Crippen LogP contribution in [0.25, 0.3) is 0 Å². The number of aliphatic hydroxyl groups is 1. The Labute approximate surface area is 74.0 Å². The number of ether oxygens (including phenoxy) is 1. The van der Waals surface area contributed by atoms with Gasteiger partial charge in [0.15, 0.2) is 0 Å². The van der Waals surface area contributed by atoms with E-state index in [1.165, 1.54) is 7.11 Å². The van der Waals surface area contributed by atoms with E-state index in [4.69, 9.17) is 9.84 Å². The molecule has 0 bridgehead atoms. The van der Waals surface area contributed by atoms with E-state index >= 15 is 0 Å². The van der Waals surface area contributed by atoms with Crippen molar-refractivity contribution in [2.45, 2.75) is 13.0 Å². The molecule has 0 aromatic carbocycles. The molecule has 0 aliphatic carbocycles. The molecule has 0 aliphatic heterocycles. The summed E-state index contributed by atoms with van der Waals surface area (Å²) in [6, 6.07) is 2.29. The third kappa shape index (κ3) is 2.35. The quantitative estimate of drug-likeness (QED) is 0.783. The second-order valence-electron chi connectivity index (χ2n) is 2.39. The van der Waals surface area contributed by atoms with E-state index in [-0.39, 0.29) is 23.7 Å². The van der Waals surface area contributed by atoms with Crippen LogP contribution < -0.4 is 4.74 Å². The van der Waals surface area contributed by atoms with Gasteiger partial charge in [-0.2, -0.15) is 0 Å². The average Bonchev–Trinajstić information content (AvgIpc) is 2.16. The lowest BCUT2D eigenvalue weighted by Gasteiger charge is -2.05. The summed E-state index contributed by atoms with van der Waals surface area (Å²) in [5.41, 5.74) is -0.0226. The first-order valence-corrected chi connectivity index (χ1v) is 3.61. The van der Waals surface area contributed by atoms with Crippen LogP contribution in [0.15, 0.2) is 12.1 Å². The molecule has 72 valence electrons. The monoisotopic (exact) mass is 189 g/mol. The van der Waals surface area contributed by atoms with Crippen molar-refractivity contribution >= 4 is 0 Å². The average molecular weight is 189 g/mol. The Kier molecular flexibility index (Phi) is 3.13. The molecule has 5 heteroatoms. The van der Waals surface area contributed by atoms with E-state index in [9.17, 15) is 8.78 Å². The van der Waals surface area contributed by atoms with Crippen LogP contribution in [0.2, 0.25) is 0 Å². The number of aromatic nitrogens is 1. The summed E-state index contributed by atoms with van der Waals surface area (Å²) in [5.74, 6) is 0.0850. The van der Waals surface area contributed by atoms with Crippen LogP contribution in [0, 0.1) is 0 Å². The lowest BCUT2D eigenvalue weighted by Crippen LogP contribution is -1.97. The molecule has 0 amide bonds. The van der Waals surface area contributed by atoms with Gasteiger partial charge in [0.25, 0.3) is 6.43 Å². The van der Waals surface area contributed by atoms with Crippen molar-refractivity contribution in [1.29, 1.82) is 0 Å². The second-order valence-corrected chi connectivity index (χ2v) is 2.39. The fourth-order valence-electron chi connectivity index (χ4n) is 0.894. The van der Waals surface area contributed by atoms with Gasteiger partial charge in [-0.15, -0.1) is 0 Å². The van der Waals surface area contributed by atoms with E-state index in [0.29, 0.717) is 0 Å². The molecule has 0 saturated carbocycles. The predicted molar refractivity (Wildman–Crippen MR) is 41.7 cm³/mol. The number of nitrogens with zero attached hydrogens (tertiary/aromatic N) is 1. The van der Waals surface area contributed by atoms with Gasteiger partial charge in [-0.25, -0.2) is 13.8 Å². The van der Waals surface area contributed by atoms with Crippen LogP contribution in [0.4, 0.5) is 8.78 Å². The van der Waals surface area contributed by atoms with E-state index < -0.39 is 6.43 Å². The zero-order valence-electron chi connectivity index (χ0n) is 7.00. The molecule has 0 atom stereocenters. The highest BCUT2D eigenvalue weighted by Crippen LogP contribution is 2.22. The first-order chi connectivity index (χ1) is 6.17. The van der Waals surface area contributed by atoms with Crippen molar-refractivity contribution in [3.8, 4) is 5.88 Å². The second kappa shape index (κ2) is 4.13. The highest BCUT2D eigenvalue weighted by atomic mass is 19.3. The molecule has 13 heavy (non-hydrogen) atoms. The molecule has 1 heterocycles. The molecule has 0 unspecified atom stereocenters. The Morgan fingerprint density at radius 2 is 2.23 bits per heavy atom. The Morgan fingerprint density at radius 1 is 1.54 bits per heavy atom. The Balaban J connectivity index is 3.07. The minimum Gasteiger partial charge on any atom is -0.481 e. The van der Waals surface area contributed by atoms with Gasteiger partial charge >= 0.3 is 0 Å². The highest BCUT2D eigenvalue weighted by molar-refractivity contribution is 5.25. The minimum absolute atomic E-state index is 0.0850. The van der Waals surface area contributed by atoms with E-state index in [1.807, 2.05) is 0 Å². The number of hydrogen-bond acceptors (Lipinski definition) is 3.